The molecule has 108 valence electrons. The SMILES string of the molecule is Cl.Cn1nc(C2CCNCC2)n(-c2ccccc2)c1=O. The Bertz CT molecular complexity index is 614. The molecule has 0 radical (unpaired) electrons. The van der Waals surface area contributed by atoms with Crippen molar-refractivity contribution in [3.8, 4) is 5.69 Å². The van der Waals surface area contributed by atoms with E-state index in [1.807, 2.05) is 30.3 Å². The molecule has 0 aliphatic carbocycles. The van der Waals surface area contributed by atoms with Gasteiger partial charge in [-0.15, -0.1) is 12.4 Å². The molecule has 0 atom stereocenters. The van der Waals surface area contributed by atoms with E-state index in [1.54, 1.807) is 11.6 Å². The fraction of sp³-hybridized carbons (Fsp3) is 0.429. The zero-order valence-corrected chi connectivity index (χ0v) is 12.3. The topological polar surface area (TPSA) is 51.9 Å². The molecule has 5 nitrogen and oxygen atoms in total. The molecule has 0 amide bonds. The standard InChI is InChI=1S/C14H18N4O.ClH/c1-17-14(19)18(12-5-3-2-4-6-12)13(16-17)11-7-9-15-10-8-11;/h2-6,11,15H,7-10H2,1H3;1H. The van der Waals surface area contributed by atoms with Gasteiger partial charge in [0.2, 0.25) is 0 Å². The lowest BCUT2D eigenvalue weighted by atomic mass is 9.97. The zero-order chi connectivity index (χ0) is 13.2. The van der Waals surface area contributed by atoms with E-state index in [0.717, 1.165) is 37.4 Å². The van der Waals surface area contributed by atoms with Crippen LogP contribution in [-0.4, -0.2) is 27.4 Å². The molecule has 1 fully saturated rings. The summed E-state index contributed by atoms with van der Waals surface area (Å²) in [5, 5.41) is 7.79. The van der Waals surface area contributed by atoms with E-state index in [1.165, 1.54) is 4.68 Å². The van der Waals surface area contributed by atoms with E-state index in [0.29, 0.717) is 5.92 Å². The zero-order valence-electron chi connectivity index (χ0n) is 11.5. The van der Waals surface area contributed by atoms with Gasteiger partial charge in [0.25, 0.3) is 0 Å². The average molecular weight is 295 g/mol. The fourth-order valence-corrected chi connectivity index (χ4v) is 2.65. The van der Waals surface area contributed by atoms with Crippen molar-refractivity contribution in [3.63, 3.8) is 0 Å². The molecule has 2 aromatic rings. The highest BCUT2D eigenvalue weighted by molar-refractivity contribution is 5.85. The van der Waals surface area contributed by atoms with Gasteiger partial charge < -0.3 is 5.32 Å². The second-order valence-electron chi connectivity index (χ2n) is 4.96. The highest BCUT2D eigenvalue weighted by Crippen LogP contribution is 2.24. The van der Waals surface area contributed by atoms with Gasteiger partial charge in [0, 0.05) is 13.0 Å². The maximum atomic E-state index is 12.3. The predicted molar refractivity (Wildman–Crippen MR) is 80.9 cm³/mol. The summed E-state index contributed by atoms with van der Waals surface area (Å²) in [4.78, 5) is 12.3. The molecule has 0 saturated carbocycles. The van der Waals surface area contributed by atoms with Crippen LogP contribution in [0.4, 0.5) is 0 Å². The minimum absolute atomic E-state index is 0. The molecule has 1 aliphatic rings. The molecular formula is C14H19ClN4O. The summed E-state index contributed by atoms with van der Waals surface area (Å²) in [5.41, 5.74) is 0.828. The predicted octanol–water partition coefficient (Wildman–Crippen LogP) is 1.46. The molecular weight excluding hydrogens is 276 g/mol. The number of piperidine rings is 1. The van der Waals surface area contributed by atoms with Crippen molar-refractivity contribution in [3.05, 3.63) is 46.6 Å². The van der Waals surface area contributed by atoms with Crippen LogP contribution < -0.4 is 11.0 Å². The maximum absolute atomic E-state index is 12.3. The first kappa shape index (κ1) is 14.8. The van der Waals surface area contributed by atoms with Crippen LogP contribution in [0.25, 0.3) is 5.69 Å². The Kier molecular flexibility index (Phi) is 4.62. The van der Waals surface area contributed by atoms with Gasteiger partial charge in [0.15, 0.2) is 0 Å². The molecule has 1 saturated heterocycles. The third-order valence-corrected chi connectivity index (χ3v) is 3.67. The summed E-state index contributed by atoms with van der Waals surface area (Å²) in [6, 6.07) is 9.75. The average Bonchev–Trinajstić information content (AvgIpc) is 2.77. The van der Waals surface area contributed by atoms with Crippen LogP contribution in [0.2, 0.25) is 0 Å². The number of nitrogens with zero attached hydrogens (tertiary/aromatic N) is 3. The van der Waals surface area contributed by atoms with Gasteiger partial charge in [0.05, 0.1) is 5.69 Å². The van der Waals surface area contributed by atoms with Crippen molar-refractivity contribution in [2.45, 2.75) is 18.8 Å². The Morgan fingerprint density at radius 2 is 1.85 bits per heavy atom. The number of nitrogens with one attached hydrogen (secondary N) is 1. The first-order chi connectivity index (χ1) is 9.27. The quantitative estimate of drug-likeness (QED) is 0.912. The Labute approximate surface area is 124 Å². The first-order valence-corrected chi connectivity index (χ1v) is 6.69. The molecule has 1 aromatic carbocycles. The lowest BCUT2D eigenvalue weighted by molar-refractivity contribution is 0.438. The fourth-order valence-electron chi connectivity index (χ4n) is 2.65. The summed E-state index contributed by atoms with van der Waals surface area (Å²) >= 11 is 0. The number of benzene rings is 1. The van der Waals surface area contributed by atoms with E-state index in [4.69, 9.17) is 0 Å². The third kappa shape index (κ3) is 2.64. The molecule has 6 heteroatoms. The largest absolute Gasteiger partial charge is 0.350 e. The number of hydrogen-bond acceptors (Lipinski definition) is 3. The lowest BCUT2D eigenvalue weighted by Gasteiger charge is -2.22. The lowest BCUT2D eigenvalue weighted by Crippen LogP contribution is -2.29. The molecule has 1 aromatic heterocycles. The van der Waals surface area contributed by atoms with Crippen LogP contribution in [0.1, 0.15) is 24.6 Å². The molecule has 1 N–H and O–H groups in total. The van der Waals surface area contributed by atoms with Crippen molar-refractivity contribution in [1.29, 1.82) is 0 Å². The molecule has 3 rings (SSSR count). The normalized spacial score (nSPS) is 15.8. The summed E-state index contributed by atoms with van der Waals surface area (Å²) < 4.78 is 3.18. The van der Waals surface area contributed by atoms with Gasteiger partial charge in [-0.1, -0.05) is 18.2 Å². The van der Waals surface area contributed by atoms with Crippen molar-refractivity contribution in [2.75, 3.05) is 13.1 Å². The summed E-state index contributed by atoms with van der Waals surface area (Å²) in [6.45, 7) is 1.98. The van der Waals surface area contributed by atoms with E-state index >= 15 is 0 Å². The summed E-state index contributed by atoms with van der Waals surface area (Å²) in [6.07, 6.45) is 2.06. The number of rotatable bonds is 2. The molecule has 20 heavy (non-hydrogen) atoms. The Balaban J connectivity index is 0.00000147. The summed E-state index contributed by atoms with van der Waals surface area (Å²) in [5.74, 6) is 1.25. The molecule has 0 spiro atoms. The van der Waals surface area contributed by atoms with Crippen LogP contribution in [0.15, 0.2) is 35.1 Å². The van der Waals surface area contributed by atoms with E-state index in [-0.39, 0.29) is 18.1 Å². The minimum atomic E-state index is -0.0697. The smallest absolute Gasteiger partial charge is 0.317 e. The van der Waals surface area contributed by atoms with E-state index in [9.17, 15) is 4.79 Å². The van der Waals surface area contributed by atoms with Crippen LogP contribution in [0.5, 0.6) is 0 Å². The molecule has 0 bridgehead atoms. The Hall–Kier alpha value is -1.59. The summed E-state index contributed by atoms with van der Waals surface area (Å²) in [7, 11) is 1.71. The third-order valence-electron chi connectivity index (χ3n) is 3.67. The van der Waals surface area contributed by atoms with Crippen LogP contribution >= 0.6 is 12.4 Å². The number of aromatic nitrogens is 3. The second kappa shape index (κ2) is 6.24. The number of hydrogen-bond donors (Lipinski definition) is 1. The van der Waals surface area contributed by atoms with Crippen molar-refractivity contribution >= 4 is 12.4 Å². The molecule has 0 unspecified atom stereocenters. The van der Waals surface area contributed by atoms with Crippen molar-refractivity contribution in [1.82, 2.24) is 19.7 Å². The highest BCUT2D eigenvalue weighted by Gasteiger charge is 2.23. The number of halogens is 1. The van der Waals surface area contributed by atoms with Crippen LogP contribution in [0, 0.1) is 0 Å². The second-order valence-corrected chi connectivity index (χ2v) is 4.96. The first-order valence-electron chi connectivity index (χ1n) is 6.69. The van der Waals surface area contributed by atoms with E-state index < -0.39 is 0 Å². The number of aryl methyl sites for hydroxylation is 1. The van der Waals surface area contributed by atoms with Crippen molar-refractivity contribution < 1.29 is 0 Å². The molecule has 2 heterocycles. The van der Waals surface area contributed by atoms with Gasteiger partial charge in [-0.25, -0.2) is 14.0 Å². The van der Waals surface area contributed by atoms with Gasteiger partial charge in [-0.05, 0) is 38.1 Å². The van der Waals surface area contributed by atoms with Gasteiger partial charge in [-0.2, -0.15) is 5.10 Å². The van der Waals surface area contributed by atoms with Crippen LogP contribution in [0.3, 0.4) is 0 Å². The minimum Gasteiger partial charge on any atom is -0.317 e. The van der Waals surface area contributed by atoms with Crippen molar-refractivity contribution in [2.24, 2.45) is 7.05 Å². The molecule has 1 aliphatic heterocycles. The highest BCUT2D eigenvalue weighted by atomic mass is 35.5. The van der Waals surface area contributed by atoms with Gasteiger partial charge in [-0.3, -0.25) is 0 Å². The van der Waals surface area contributed by atoms with Crippen LogP contribution in [-0.2, 0) is 7.05 Å². The maximum Gasteiger partial charge on any atom is 0.350 e. The monoisotopic (exact) mass is 294 g/mol. The Morgan fingerprint density at radius 1 is 1.20 bits per heavy atom. The van der Waals surface area contributed by atoms with Gasteiger partial charge >= 0.3 is 5.69 Å². The number of para-hydroxylation sites is 1. The van der Waals surface area contributed by atoms with Gasteiger partial charge in [0.1, 0.15) is 5.82 Å². The van der Waals surface area contributed by atoms with E-state index in [2.05, 4.69) is 10.4 Å². The Morgan fingerprint density at radius 3 is 2.50 bits per heavy atom.